The average molecular weight is 476 g/mol. The molecule has 0 amide bonds. The molecule has 33 heavy (non-hydrogen) atoms. The van der Waals surface area contributed by atoms with Crippen molar-refractivity contribution in [1.29, 1.82) is 0 Å². The third-order valence-corrected chi connectivity index (χ3v) is 6.31. The second-order valence-electron chi connectivity index (χ2n) is 7.31. The van der Waals surface area contributed by atoms with E-state index in [1.807, 2.05) is 0 Å². The van der Waals surface area contributed by atoms with Crippen molar-refractivity contribution >= 4 is 28.8 Å². The first-order valence-electron chi connectivity index (χ1n) is 9.57. The fourth-order valence-corrected chi connectivity index (χ4v) is 4.69. The molecule has 0 radical (unpaired) electrons. The van der Waals surface area contributed by atoms with Gasteiger partial charge in [0.05, 0.1) is 21.9 Å². The zero-order valence-electron chi connectivity index (χ0n) is 16.9. The number of nitro groups is 1. The monoisotopic (exact) mass is 476 g/mol. The van der Waals surface area contributed by atoms with Crippen LogP contribution in [0.5, 0.6) is 5.75 Å². The van der Waals surface area contributed by atoms with Crippen LogP contribution in [0.25, 0.3) is 0 Å². The fraction of sp³-hybridized carbons (Fsp3) is 0.182. The molecule has 2 aromatic carbocycles. The highest BCUT2D eigenvalue weighted by Crippen LogP contribution is 2.47. The van der Waals surface area contributed by atoms with Gasteiger partial charge in [-0.05, 0) is 30.7 Å². The highest BCUT2D eigenvalue weighted by Gasteiger charge is 2.33. The number of nitro benzene ring substituents is 1. The maximum absolute atomic E-state index is 13.3. The van der Waals surface area contributed by atoms with Crippen molar-refractivity contribution in [3.63, 3.8) is 0 Å². The van der Waals surface area contributed by atoms with Gasteiger partial charge in [-0.3, -0.25) is 15.1 Å². The Morgan fingerprint density at radius 1 is 1.21 bits per heavy atom. The van der Waals surface area contributed by atoms with E-state index in [-0.39, 0.29) is 34.8 Å². The highest BCUT2D eigenvalue weighted by molar-refractivity contribution is 7.99. The Hall–Kier alpha value is -3.60. The van der Waals surface area contributed by atoms with Gasteiger partial charge in [0.2, 0.25) is 0 Å². The summed E-state index contributed by atoms with van der Waals surface area (Å²) in [5.74, 6) is -0.263. The lowest BCUT2D eigenvalue weighted by Crippen LogP contribution is -2.17. The average Bonchev–Trinajstić information content (AvgIpc) is 2.91. The van der Waals surface area contributed by atoms with E-state index in [0.29, 0.717) is 10.5 Å². The van der Waals surface area contributed by atoms with Gasteiger partial charge in [-0.1, -0.05) is 12.1 Å². The van der Waals surface area contributed by atoms with Crippen LogP contribution in [0.1, 0.15) is 34.1 Å². The minimum Gasteiger partial charge on any atom is -0.507 e. The third kappa shape index (κ3) is 4.63. The van der Waals surface area contributed by atoms with Gasteiger partial charge in [0, 0.05) is 34.8 Å². The minimum atomic E-state index is -4.61. The van der Waals surface area contributed by atoms with Gasteiger partial charge in [-0.15, -0.1) is 11.8 Å². The van der Waals surface area contributed by atoms with E-state index in [4.69, 9.17) is 4.42 Å². The number of aromatic hydroxyl groups is 1. The summed E-state index contributed by atoms with van der Waals surface area (Å²) in [5, 5.41) is 21.1. The number of aryl methyl sites for hydroxylation is 1. The van der Waals surface area contributed by atoms with Crippen LogP contribution in [-0.2, 0) is 6.18 Å². The van der Waals surface area contributed by atoms with E-state index < -0.39 is 33.3 Å². The first-order chi connectivity index (χ1) is 15.5. The summed E-state index contributed by atoms with van der Waals surface area (Å²) in [4.78, 5) is 27.9. The molecule has 11 heteroatoms. The lowest BCUT2D eigenvalue weighted by atomic mass is 10.0. The zero-order chi connectivity index (χ0) is 23.9. The number of thioether (sulfide) groups is 1. The van der Waals surface area contributed by atoms with Gasteiger partial charge < -0.3 is 9.52 Å². The topological polar surface area (TPSA) is 106 Å². The van der Waals surface area contributed by atoms with E-state index in [1.54, 1.807) is 6.07 Å². The van der Waals surface area contributed by atoms with Crippen LogP contribution in [-0.4, -0.2) is 15.7 Å². The van der Waals surface area contributed by atoms with Crippen LogP contribution < -0.4 is 5.63 Å². The predicted molar refractivity (Wildman–Crippen MR) is 115 cm³/mol. The zero-order valence-corrected chi connectivity index (χ0v) is 17.7. The molecule has 1 atom stereocenters. The minimum absolute atomic E-state index is 0.00322. The van der Waals surface area contributed by atoms with Crippen LogP contribution in [0.3, 0.4) is 0 Å². The molecule has 4 rings (SSSR count). The van der Waals surface area contributed by atoms with Crippen molar-refractivity contribution in [2.75, 3.05) is 0 Å². The summed E-state index contributed by atoms with van der Waals surface area (Å²) in [5.41, 5.74) is -1.71. The number of aliphatic imine (C=N–C) groups is 1. The van der Waals surface area contributed by atoms with Crippen LogP contribution in [0, 0.1) is 17.0 Å². The van der Waals surface area contributed by atoms with Crippen molar-refractivity contribution in [1.82, 2.24) is 0 Å². The molecule has 1 aliphatic heterocycles. The summed E-state index contributed by atoms with van der Waals surface area (Å²) in [6, 6.07) is 10.1. The Morgan fingerprint density at radius 3 is 2.64 bits per heavy atom. The van der Waals surface area contributed by atoms with E-state index >= 15 is 0 Å². The maximum Gasteiger partial charge on any atom is 0.416 e. The molecule has 2 heterocycles. The number of fused-ring (bicyclic) bond motifs is 1. The molecule has 0 saturated carbocycles. The Labute approximate surface area is 188 Å². The van der Waals surface area contributed by atoms with E-state index in [2.05, 4.69) is 4.99 Å². The molecule has 0 unspecified atom stereocenters. The third-order valence-electron chi connectivity index (χ3n) is 4.98. The second-order valence-corrected chi connectivity index (χ2v) is 8.55. The smallest absolute Gasteiger partial charge is 0.416 e. The number of hydrogen-bond donors (Lipinski definition) is 1. The molecule has 0 bridgehead atoms. The number of non-ortho nitro benzene ring substituents is 1. The van der Waals surface area contributed by atoms with E-state index in [0.717, 1.165) is 12.1 Å². The number of halogens is 3. The van der Waals surface area contributed by atoms with Crippen molar-refractivity contribution in [3.05, 3.63) is 91.5 Å². The molecule has 1 N–H and O–H groups in total. The molecule has 0 saturated heterocycles. The number of nitrogens with zero attached hydrogens (tertiary/aromatic N) is 2. The number of alkyl halides is 3. The second kappa shape index (κ2) is 8.39. The van der Waals surface area contributed by atoms with Gasteiger partial charge in [0.15, 0.2) is 0 Å². The van der Waals surface area contributed by atoms with Gasteiger partial charge in [-0.25, -0.2) is 4.79 Å². The largest absolute Gasteiger partial charge is 0.507 e. The summed E-state index contributed by atoms with van der Waals surface area (Å²) < 4.78 is 44.9. The van der Waals surface area contributed by atoms with Gasteiger partial charge in [0.1, 0.15) is 17.1 Å². The SMILES string of the molecule is Cc1cc(O)c(C2=Nc3cc(C(F)(F)F)ccc3S[C@@H](c3cccc([N+](=O)[O-])c3)C2)c(=O)o1. The number of hydrogen-bond acceptors (Lipinski definition) is 7. The number of benzene rings is 2. The van der Waals surface area contributed by atoms with Gasteiger partial charge in [-0.2, -0.15) is 13.2 Å². The first kappa shape index (κ1) is 22.6. The summed E-state index contributed by atoms with van der Waals surface area (Å²) in [6.07, 6.45) is -4.60. The summed E-state index contributed by atoms with van der Waals surface area (Å²) >= 11 is 1.17. The van der Waals surface area contributed by atoms with E-state index in [9.17, 15) is 33.2 Å². The van der Waals surface area contributed by atoms with E-state index in [1.165, 1.54) is 49.0 Å². The Balaban J connectivity index is 1.91. The molecule has 7 nitrogen and oxygen atoms in total. The highest BCUT2D eigenvalue weighted by atomic mass is 32.2. The molecular weight excluding hydrogens is 461 g/mol. The summed E-state index contributed by atoms with van der Waals surface area (Å²) in [7, 11) is 0. The lowest BCUT2D eigenvalue weighted by molar-refractivity contribution is -0.384. The van der Waals surface area contributed by atoms with Crippen LogP contribution >= 0.6 is 11.8 Å². The first-order valence-corrected chi connectivity index (χ1v) is 10.4. The van der Waals surface area contributed by atoms with Crippen molar-refractivity contribution < 1.29 is 27.6 Å². The van der Waals surface area contributed by atoms with Crippen molar-refractivity contribution in [2.24, 2.45) is 4.99 Å². The fourth-order valence-electron chi connectivity index (χ4n) is 3.49. The molecule has 170 valence electrons. The van der Waals surface area contributed by atoms with Crippen molar-refractivity contribution in [3.8, 4) is 5.75 Å². The normalized spacial score (nSPS) is 16.0. The van der Waals surface area contributed by atoms with Crippen LogP contribution in [0.2, 0.25) is 0 Å². The number of rotatable bonds is 3. The molecule has 0 spiro atoms. The molecular formula is C22H15F3N2O5S. The maximum atomic E-state index is 13.3. The standard InChI is InChI=1S/C22H15F3N2O5S/c1-11-7-17(28)20(21(29)32-11)16-10-19(12-3-2-4-14(8-12)27(30)31)33-18-6-5-13(22(23,24)25)9-15(18)26-16/h2-9,19,28H,10H2,1H3/t19-/m1/s1. The molecule has 0 aliphatic carbocycles. The lowest BCUT2D eigenvalue weighted by Gasteiger charge is -2.16. The van der Waals surface area contributed by atoms with Gasteiger partial charge in [0.25, 0.3) is 5.69 Å². The Bertz CT molecular complexity index is 1350. The van der Waals surface area contributed by atoms with Crippen molar-refractivity contribution in [2.45, 2.75) is 29.7 Å². The predicted octanol–water partition coefficient (Wildman–Crippen LogP) is 5.94. The molecule has 1 aliphatic rings. The van der Waals surface area contributed by atoms with Crippen LogP contribution in [0.4, 0.5) is 24.5 Å². The molecule has 1 aromatic heterocycles. The Kier molecular flexibility index (Phi) is 5.75. The molecule has 0 fully saturated rings. The quantitative estimate of drug-likeness (QED) is 0.371. The van der Waals surface area contributed by atoms with Crippen LogP contribution in [0.15, 0.2) is 67.6 Å². The Morgan fingerprint density at radius 2 is 1.97 bits per heavy atom. The summed E-state index contributed by atoms with van der Waals surface area (Å²) in [6.45, 7) is 1.46. The molecule has 3 aromatic rings. The van der Waals surface area contributed by atoms with Gasteiger partial charge >= 0.3 is 11.8 Å².